The van der Waals surface area contributed by atoms with Crippen LogP contribution in [0.25, 0.3) is 0 Å². The molecule has 12 heteroatoms. The molecule has 1 fully saturated rings. The average Bonchev–Trinajstić information content (AvgIpc) is 3.13. The van der Waals surface area contributed by atoms with Gasteiger partial charge in [-0.3, -0.25) is 4.79 Å². The van der Waals surface area contributed by atoms with E-state index in [2.05, 4.69) is 9.47 Å². The molecule has 0 amide bonds. The summed E-state index contributed by atoms with van der Waals surface area (Å²) >= 11 is 0. The average molecular weight is 463 g/mol. The minimum absolute atomic E-state index is 0.102. The Labute approximate surface area is 175 Å². The molecular formula is C19H17F4NO6S. The first-order chi connectivity index (χ1) is 14.5. The lowest BCUT2D eigenvalue weighted by molar-refractivity contribution is -0.274. The number of sulfonamides is 1. The summed E-state index contributed by atoms with van der Waals surface area (Å²) in [5.41, 5.74) is 0. The second-order valence-electron chi connectivity index (χ2n) is 6.54. The number of benzene rings is 2. The highest BCUT2D eigenvalue weighted by Gasteiger charge is 2.46. The number of methoxy groups -OCH3 is 1. The third-order valence-corrected chi connectivity index (χ3v) is 6.37. The first kappa shape index (κ1) is 22.8. The van der Waals surface area contributed by atoms with Crippen molar-refractivity contribution in [2.24, 2.45) is 0 Å². The van der Waals surface area contributed by atoms with Crippen LogP contribution in [0.2, 0.25) is 0 Å². The summed E-state index contributed by atoms with van der Waals surface area (Å²) in [6.07, 6.45) is -5.89. The van der Waals surface area contributed by atoms with E-state index >= 15 is 0 Å². The molecule has 2 atom stereocenters. The highest BCUT2D eigenvalue weighted by Crippen LogP contribution is 2.31. The van der Waals surface area contributed by atoms with Crippen molar-refractivity contribution in [1.82, 2.24) is 4.31 Å². The Kier molecular flexibility index (Phi) is 6.41. The van der Waals surface area contributed by atoms with Gasteiger partial charge in [0.25, 0.3) is 0 Å². The molecule has 1 aliphatic heterocycles. The van der Waals surface area contributed by atoms with Gasteiger partial charge < -0.3 is 14.2 Å². The largest absolute Gasteiger partial charge is 0.573 e. The van der Waals surface area contributed by atoms with E-state index in [9.17, 15) is 30.8 Å². The molecule has 1 aliphatic rings. The summed E-state index contributed by atoms with van der Waals surface area (Å²) in [6, 6.07) is 7.80. The maximum atomic E-state index is 13.9. The molecule has 31 heavy (non-hydrogen) atoms. The van der Waals surface area contributed by atoms with Gasteiger partial charge in [0.05, 0.1) is 18.6 Å². The number of carbonyl (C=O) groups excluding carboxylic acids is 1. The molecule has 0 saturated carbocycles. The fraction of sp³-hybridized carbons (Fsp3) is 0.316. The lowest BCUT2D eigenvalue weighted by Crippen LogP contribution is -2.41. The SMILES string of the molecule is COC(=O)C1CC(Oc2ccccc2F)CN1S(=O)(=O)c1ccc(OC(F)(F)F)cc1. The van der Waals surface area contributed by atoms with Crippen LogP contribution in [0, 0.1) is 5.82 Å². The Bertz CT molecular complexity index is 1040. The van der Waals surface area contributed by atoms with Crippen LogP contribution in [0.4, 0.5) is 17.6 Å². The number of esters is 1. The quantitative estimate of drug-likeness (QED) is 0.484. The van der Waals surface area contributed by atoms with Gasteiger partial charge in [-0.25, -0.2) is 12.8 Å². The number of hydrogen-bond donors (Lipinski definition) is 0. The molecule has 7 nitrogen and oxygen atoms in total. The predicted molar refractivity (Wildman–Crippen MR) is 98.3 cm³/mol. The van der Waals surface area contributed by atoms with Crippen LogP contribution < -0.4 is 9.47 Å². The van der Waals surface area contributed by atoms with Gasteiger partial charge in [-0.2, -0.15) is 4.31 Å². The molecule has 3 rings (SSSR count). The summed E-state index contributed by atoms with van der Waals surface area (Å²) in [6.45, 7) is -0.294. The first-order valence-corrected chi connectivity index (χ1v) is 10.3. The van der Waals surface area contributed by atoms with Crippen molar-refractivity contribution >= 4 is 16.0 Å². The zero-order valence-corrected chi connectivity index (χ0v) is 16.8. The van der Waals surface area contributed by atoms with Crippen molar-refractivity contribution < 1.29 is 45.0 Å². The molecule has 0 spiro atoms. The van der Waals surface area contributed by atoms with Gasteiger partial charge in [0.2, 0.25) is 10.0 Å². The highest BCUT2D eigenvalue weighted by atomic mass is 32.2. The van der Waals surface area contributed by atoms with E-state index in [1.165, 1.54) is 24.3 Å². The van der Waals surface area contributed by atoms with E-state index < -0.39 is 46.1 Å². The van der Waals surface area contributed by atoms with E-state index in [1.807, 2.05) is 0 Å². The van der Waals surface area contributed by atoms with Crippen LogP contribution in [-0.2, 0) is 19.6 Å². The van der Waals surface area contributed by atoms with Crippen LogP contribution in [-0.4, -0.2) is 50.9 Å². The predicted octanol–water partition coefficient (Wildman–Crippen LogP) is 3.11. The number of para-hydroxylation sites is 1. The van der Waals surface area contributed by atoms with Gasteiger partial charge in [-0.1, -0.05) is 12.1 Å². The highest BCUT2D eigenvalue weighted by molar-refractivity contribution is 7.89. The normalized spacial score (nSPS) is 19.8. The lowest BCUT2D eigenvalue weighted by Gasteiger charge is -2.22. The van der Waals surface area contributed by atoms with E-state index in [0.717, 1.165) is 35.7 Å². The molecule has 2 aromatic carbocycles. The molecule has 168 valence electrons. The van der Waals surface area contributed by atoms with Gasteiger partial charge in [-0.15, -0.1) is 13.2 Å². The topological polar surface area (TPSA) is 82.1 Å². The summed E-state index contributed by atoms with van der Waals surface area (Å²) < 4.78 is 91.7. The van der Waals surface area contributed by atoms with Gasteiger partial charge in [0.15, 0.2) is 11.6 Å². The number of hydrogen-bond acceptors (Lipinski definition) is 6. The Balaban J connectivity index is 1.85. The van der Waals surface area contributed by atoms with E-state index in [0.29, 0.717) is 0 Å². The van der Waals surface area contributed by atoms with Crippen molar-refractivity contribution in [2.45, 2.75) is 29.8 Å². The number of halogens is 4. The van der Waals surface area contributed by atoms with Crippen molar-refractivity contribution in [3.63, 3.8) is 0 Å². The van der Waals surface area contributed by atoms with Crippen molar-refractivity contribution in [1.29, 1.82) is 0 Å². The van der Waals surface area contributed by atoms with Crippen molar-refractivity contribution in [3.05, 3.63) is 54.3 Å². The number of ether oxygens (including phenoxy) is 3. The fourth-order valence-electron chi connectivity index (χ4n) is 3.14. The maximum Gasteiger partial charge on any atom is 0.573 e. The third kappa shape index (κ3) is 5.25. The van der Waals surface area contributed by atoms with E-state index in [4.69, 9.17) is 4.74 Å². The van der Waals surface area contributed by atoms with Crippen LogP contribution >= 0.6 is 0 Å². The molecule has 0 aliphatic carbocycles. The number of carbonyl (C=O) groups is 1. The molecule has 1 saturated heterocycles. The Morgan fingerprint density at radius 3 is 2.32 bits per heavy atom. The van der Waals surface area contributed by atoms with Crippen LogP contribution in [0.5, 0.6) is 11.5 Å². The van der Waals surface area contributed by atoms with Gasteiger partial charge in [0, 0.05) is 6.42 Å². The fourth-order valence-corrected chi connectivity index (χ4v) is 4.76. The zero-order chi connectivity index (χ0) is 22.8. The molecule has 0 aromatic heterocycles. The van der Waals surface area contributed by atoms with Crippen molar-refractivity contribution in [2.75, 3.05) is 13.7 Å². The molecule has 1 heterocycles. The Hall–Kier alpha value is -2.86. The van der Waals surface area contributed by atoms with E-state index in [-0.39, 0.29) is 23.6 Å². The standard InChI is InChI=1S/C19H17F4NO6S/c1-28-18(25)16-10-13(29-17-5-3-2-4-15(17)20)11-24(16)31(26,27)14-8-6-12(7-9-14)30-19(21,22)23/h2-9,13,16H,10-11H2,1H3. The van der Waals surface area contributed by atoms with Crippen molar-refractivity contribution in [3.8, 4) is 11.5 Å². The van der Waals surface area contributed by atoms with Gasteiger partial charge in [-0.05, 0) is 36.4 Å². The summed E-state index contributed by atoms with van der Waals surface area (Å²) in [5.74, 6) is -2.21. The molecular weight excluding hydrogens is 446 g/mol. The minimum atomic E-state index is -4.93. The second-order valence-corrected chi connectivity index (χ2v) is 8.43. The number of rotatable bonds is 6. The summed E-state index contributed by atoms with van der Waals surface area (Å²) in [5, 5.41) is 0. The summed E-state index contributed by atoms with van der Waals surface area (Å²) in [4.78, 5) is 11.8. The molecule has 0 radical (unpaired) electrons. The van der Waals surface area contributed by atoms with Crippen LogP contribution in [0.1, 0.15) is 6.42 Å². The van der Waals surface area contributed by atoms with E-state index in [1.54, 1.807) is 0 Å². The first-order valence-electron chi connectivity index (χ1n) is 8.88. The number of alkyl halides is 3. The molecule has 0 N–H and O–H groups in total. The minimum Gasteiger partial charge on any atom is -0.486 e. The third-order valence-electron chi connectivity index (χ3n) is 4.48. The van der Waals surface area contributed by atoms with Gasteiger partial charge >= 0.3 is 12.3 Å². The van der Waals surface area contributed by atoms with Gasteiger partial charge in [0.1, 0.15) is 17.9 Å². The Morgan fingerprint density at radius 2 is 1.74 bits per heavy atom. The Morgan fingerprint density at radius 1 is 1.10 bits per heavy atom. The maximum absolute atomic E-state index is 13.9. The smallest absolute Gasteiger partial charge is 0.486 e. The second kappa shape index (κ2) is 8.71. The van der Waals surface area contributed by atoms with Crippen LogP contribution in [0.3, 0.4) is 0 Å². The van der Waals surface area contributed by atoms with Crippen LogP contribution in [0.15, 0.2) is 53.4 Å². The summed E-state index contributed by atoms with van der Waals surface area (Å²) in [7, 11) is -3.23. The molecule has 2 aromatic rings. The zero-order valence-electron chi connectivity index (χ0n) is 16.0. The monoisotopic (exact) mass is 463 g/mol. The number of nitrogens with zero attached hydrogens (tertiary/aromatic N) is 1. The molecule has 0 bridgehead atoms. The molecule has 2 unspecified atom stereocenters. The lowest BCUT2D eigenvalue weighted by atomic mass is 10.2.